The number of nitrogens with one attached hydrogen (secondary N) is 1. The molecule has 0 aromatic heterocycles. The number of piperidine rings is 1. The van der Waals surface area contributed by atoms with Crippen LogP contribution in [0.3, 0.4) is 0 Å². The molecule has 1 aromatic rings. The molecule has 27 heavy (non-hydrogen) atoms. The van der Waals surface area contributed by atoms with Crippen molar-refractivity contribution in [2.75, 3.05) is 39.4 Å². The molecule has 1 unspecified atom stereocenters. The Morgan fingerprint density at radius 1 is 1.30 bits per heavy atom. The molecule has 0 radical (unpaired) electrons. The quantitative estimate of drug-likeness (QED) is 0.784. The summed E-state index contributed by atoms with van der Waals surface area (Å²) in [5.74, 6) is -0.844. The highest BCUT2D eigenvalue weighted by molar-refractivity contribution is 7.89. The van der Waals surface area contributed by atoms with Crippen LogP contribution in [-0.4, -0.2) is 63.0 Å². The van der Waals surface area contributed by atoms with E-state index in [0.29, 0.717) is 39.3 Å². The summed E-state index contributed by atoms with van der Waals surface area (Å²) >= 11 is 5.72. The first-order valence-electron chi connectivity index (χ1n) is 8.93. The Morgan fingerprint density at radius 3 is 2.74 bits per heavy atom. The SMILES string of the molecule is O=C(CC1CCCN(S(=O)(=O)c2ccc(F)c(Cl)c2)C1)NN1CCOCC1. The summed E-state index contributed by atoms with van der Waals surface area (Å²) in [6, 6.07) is 3.39. The second-order valence-electron chi connectivity index (χ2n) is 6.79. The van der Waals surface area contributed by atoms with Gasteiger partial charge in [-0.2, -0.15) is 4.31 Å². The van der Waals surface area contributed by atoms with Crippen LogP contribution in [0.2, 0.25) is 5.02 Å². The predicted molar refractivity (Wildman–Crippen MR) is 98.0 cm³/mol. The van der Waals surface area contributed by atoms with E-state index in [-0.39, 0.29) is 34.7 Å². The number of morpholine rings is 1. The summed E-state index contributed by atoms with van der Waals surface area (Å²) in [7, 11) is -3.77. The molecule has 2 fully saturated rings. The Kier molecular flexibility index (Phi) is 6.69. The van der Waals surface area contributed by atoms with Crippen LogP contribution in [0, 0.1) is 11.7 Å². The van der Waals surface area contributed by atoms with Crippen LogP contribution in [-0.2, 0) is 19.6 Å². The lowest BCUT2D eigenvalue weighted by Crippen LogP contribution is -2.49. The van der Waals surface area contributed by atoms with Gasteiger partial charge in [0, 0.05) is 32.6 Å². The highest BCUT2D eigenvalue weighted by Gasteiger charge is 2.31. The standard InChI is InChI=1S/C17H23ClFN3O4S/c18-15-11-14(3-4-16(15)19)27(24,25)22-5-1-2-13(12-22)10-17(23)20-21-6-8-26-9-7-21/h3-4,11,13H,1-2,5-10,12H2,(H,20,23). The topological polar surface area (TPSA) is 79.0 Å². The number of amides is 1. The zero-order valence-electron chi connectivity index (χ0n) is 14.9. The largest absolute Gasteiger partial charge is 0.379 e. The van der Waals surface area contributed by atoms with Gasteiger partial charge in [-0.3, -0.25) is 10.2 Å². The fourth-order valence-electron chi connectivity index (χ4n) is 3.36. The highest BCUT2D eigenvalue weighted by atomic mass is 35.5. The molecule has 2 heterocycles. The Hall–Kier alpha value is -1.26. The molecule has 1 atom stereocenters. The third kappa shape index (κ3) is 5.17. The molecular formula is C17H23ClFN3O4S. The number of nitrogens with zero attached hydrogens (tertiary/aromatic N) is 2. The number of halogens is 2. The van der Waals surface area contributed by atoms with Crippen molar-refractivity contribution >= 4 is 27.5 Å². The van der Waals surface area contributed by atoms with Gasteiger partial charge in [0.2, 0.25) is 15.9 Å². The summed E-state index contributed by atoms with van der Waals surface area (Å²) in [4.78, 5) is 12.2. The molecule has 3 rings (SSSR count). The number of hydrogen-bond acceptors (Lipinski definition) is 5. The first-order valence-corrected chi connectivity index (χ1v) is 10.8. The van der Waals surface area contributed by atoms with Crippen LogP contribution in [0.5, 0.6) is 0 Å². The van der Waals surface area contributed by atoms with Gasteiger partial charge in [-0.1, -0.05) is 11.6 Å². The maximum Gasteiger partial charge on any atom is 0.243 e. The van der Waals surface area contributed by atoms with Gasteiger partial charge < -0.3 is 4.74 Å². The minimum absolute atomic E-state index is 0.0349. The number of hydrogen-bond donors (Lipinski definition) is 1. The maximum absolute atomic E-state index is 13.3. The molecule has 1 N–H and O–H groups in total. The minimum Gasteiger partial charge on any atom is -0.379 e. The van der Waals surface area contributed by atoms with Crippen molar-refractivity contribution in [2.24, 2.45) is 5.92 Å². The molecule has 2 saturated heterocycles. The molecule has 150 valence electrons. The second kappa shape index (κ2) is 8.83. The van der Waals surface area contributed by atoms with Gasteiger partial charge in [0.05, 0.1) is 23.1 Å². The van der Waals surface area contributed by atoms with Crippen LogP contribution in [0.25, 0.3) is 0 Å². The number of carbonyl (C=O) groups is 1. The van der Waals surface area contributed by atoms with Crippen LogP contribution in [0.4, 0.5) is 4.39 Å². The van der Waals surface area contributed by atoms with E-state index in [2.05, 4.69) is 5.43 Å². The van der Waals surface area contributed by atoms with Crippen molar-refractivity contribution in [1.29, 1.82) is 0 Å². The smallest absolute Gasteiger partial charge is 0.243 e. The van der Waals surface area contributed by atoms with Crippen molar-refractivity contribution in [2.45, 2.75) is 24.2 Å². The summed E-state index contributed by atoms with van der Waals surface area (Å²) in [5, 5.41) is 1.60. The van der Waals surface area contributed by atoms with Gasteiger partial charge in [0.1, 0.15) is 5.82 Å². The third-order valence-electron chi connectivity index (χ3n) is 4.78. The Labute approximate surface area is 163 Å². The van der Waals surface area contributed by atoms with E-state index in [1.165, 1.54) is 10.4 Å². The fraction of sp³-hybridized carbons (Fsp3) is 0.588. The van der Waals surface area contributed by atoms with Gasteiger partial charge in [-0.05, 0) is 37.0 Å². The molecule has 0 bridgehead atoms. The summed E-state index contributed by atoms with van der Waals surface area (Å²) < 4.78 is 45.6. The zero-order chi connectivity index (χ0) is 19.4. The molecule has 1 aromatic carbocycles. The van der Waals surface area contributed by atoms with E-state index in [0.717, 1.165) is 18.6 Å². The third-order valence-corrected chi connectivity index (χ3v) is 6.93. The number of rotatable bonds is 5. The average Bonchev–Trinajstić information content (AvgIpc) is 2.65. The molecule has 0 spiro atoms. The molecule has 0 aliphatic carbocycles. The molecular weight excluding hydrogens is 397 g/mol. The van der Waals surface area contributed by atoms with Gasteiger partial charge in [0.15, 0.2) is 0 Å². The second-order valence-corrected chi connectivity index (χ2v) is 9.13. The van der Waals surface area contributed by atoms with Crippen molar-refractivity contribution in [1.82, 2.24) is 14.7 Å². The van der Waals surface area contributed by atoms with Gasteiger partial charge in [0.25, 0.3) is 0 Å². The molecule has 2 aliphatic heterocycles. The van der Waals surface area contributed by atoms with Gasteiger partial charge >= 0.3 is 0 Å². The van der Waals surface area contributed by atoms with Gasteiger partial charge in [-0.15, -0.1) is 0 Å². The molecule has 0 saturated carbocycles. The van der Waals surface area contributed by atoms with Crippen molar-refractivity contribution in [3.8, 4) is 0 Å². The lowest BCUT2D eigenvalue weighted by atomic mass is 9.96. The number of benzene rings is 1. The Balaban J connectivity index is 1.61. The normalized spacial score (nSPS) is 22.5. The van der Waals surface area contributed by atoms with Crippen LogP contribution in [0.15, 0.2) is 23.1 Å². The van der Waals surface area contributed by atoms with E-state index in [1.807, 2.05) is 5.01 Å². The first kappa shape index (κ1) is 20.5. The molecule has 1 amide bonds. The summed E-state index contributed by atoms with van der Waals surface area (Å²) in [6.45, 7) is 3.07. The summed E-state index contributed by atoms with van der Waals surface area (Å²) in [5.41, 5.74) is 2.85. The van der Waals surface area contributed by atoms with E-state index >= 15 is 0 Å². The fourth-order valence-corrected chi connectivity index (χ4v) is 5.18. The number of carbonyl (C=O) groups excluding carboxylic acids is 1. The average molecular weight is 420 g/mol. The zero-order valence-corrected chi connectivity index (χ0v) is 16.4. The number of hydrazine groups is 1. The van der Waals surface area contributed by atoms with Crippen molar-refractivity contribution < 1.29 is 22.3 Å². The van der Waals surface area contributed by atoms with E-state index in [9.17, 15) is 17.6 Å². The Bertz CT molecular complexity index is 786. The monoisotopic (exact) mass is 419 g/mol. The van der Waals surface area contributed by atoms with E-state index < -0.39 is 15.8 Å². The molecule has 7 nitrogen and oxygen atoms in total. The van der Waals surface area contributed by atoms with Crippen molar-refractivity contribution in [3.63, 3.8) is 0 Å². The van der Waals surface area contributed by atoms with Crippen LogP contribution >= 0.6 is 11.6 Å². The first-order chi connectivity index (χ1) is 12.9. The predicted octanol–water partition coefficient (Wildman–Crippen LogP) is 1.63. The van der Waals surface area contributed by atoms with Crippen molar-refractivity contribution in [3.05, 3.63) is 29.0 Å². The minimum atomic E-state index is -3.77. The number of sulfonamides is 1. The van der Waals surface area contributed by atoms with E-state index in [1.54, 1.807) is 0 Å². The lowest BCUT2D eigenvalue weighted by molar-refractivity contribution is -0.129. The summed E-state index contributed by atoms with van der Waals surface area (Å²) in [6.07, 6.45) is 1.71. The maximum atomic E-state index is 13.3. The van der Waals surface area contributed by atoms with E-state index in [4.69, 9.17) is 16.3 Å². The lowest BCUT2D eigenvalue weighted by Gasteiger charge is -2.32. The highest BCUT2D eigenvalue weighted by Crippen LogP contribution is 2.27. The van der Waals surface area contributed by atoms with Crippen LogP contribution < -0.4 is 5.43 Å². The Morgan fingerprint density at radius 2 is 2.04 bits per heavy atom. The van der Waals surface area contributed by atoms with Gasteiger partial charge in [-0.25, -0.2) is 17.8 Å². The number of ether oxygens (including phenoxy) is 1. The van der Waals surface area contributed by atoms with Crippen LogP contribution in [0.1, 0.15) is 19.3 Å². The molecule has 2 aliphatic rings. The molecule has 10 heteroatoms.